The van der Waals surface area contributed by atoms with Gasteiger partial charge in [0.05, 0.1) is 42.0 Å². The quantitative estimate of drug-likeness (QED) is 0.0870. The molecule has 0 saturated carbocycles. The topological polar surface area (TPSA) is 194 Å². The van der Waals surface area contributed by atoms with E-state index in [1.807, 2.05) is 33.8 Å². The summed E-state index contributed by atoms with van der Waals surface area (Å²) >= 11 is 0. The second-order valence-corrected chi connectivity index (χ2v) is 20.1. The van der Waals surface area contributed by atoms with Gasteiger partial charge in [-0.25, -0.2) is 10.2 Å². The molecular formula is C49H77N3O11. The zero-order valence-electron chi connectivity index (χ0n) is 39.3. The number of aliphatic hydroxyl groups is 3. The molecule has 1 unspecified atom stereocenters. The van der Waals surface area contributed by atoms with Gasteiger partial charge in [0.15, 0.2) is 11.6 Å². The van der Waals surface area contributed by atoms with Crippen molar-refractivity contribution in [1.29, 1.82) is 0 Å². The Labute approximate surface area is 374 Å². The van der Waals surface area contributed by atoms with Crippen molar-refractivity contribution < 1.29 is 53.4 Å². The third kappa shape index (κ3) is 10.2. The van der Waals surface area contributed by atoms with E-state index in [0.29, 0.717) is 50.6 Å². The molecule has 0 radical (unpaired) electrons. The zero-order valence-corrected chi connectivity index (χ0v) is 39.3. The number of carbonyl (C=O) groups is 3. The maximum Gasteiger partial charge on any atom is 0.337 e. The molecule has 5 aliphatic heterocycles. The summed E-state index contributed by atoms with van der Waals surface area (Å²) in [6.45, 7) is 19.5. The fraction of sp³-hybridized carbons (Fsp3) is 0.776. The Bertz CT molecular complexity index is 1760. The van der Waals surface area contributed by atoms with Crippen molar-refractivity contribution in [3.8, 4) is 0 Å². The standard InChI is InChI=1S/C49H77N3O11/c1-11-33-20-22-39(60-47(33,10)58)46(9)25-26-49(62-46)38(53)23-24-48(63-49)30(6)27-29(5)43(61-48)36(13-3)41(55)31(7)40(54)32(8)42-28(4)19-21-37(59-42)35(12-2)44(56)51-52-45(57)50-34-17-15-14-16-18-34/h14-18,23-24,28-33,35-40,42-43,53-54,58H,11-13,19-22,25-27H2,1-10H3,(H,51,56)(H2,50,52,57)/t28?,29-,30+,31-,32-,33-,35+,36-,37+,38+,39+,40+,42+,43-,46-,47+,48-,49-/m0/s1. The van der Waals surface area contributed by atoms with Crippen molar-refractivity contribution in [1.82, 2.24) is 10.9 Å². The van der Waals surface area contributed by atoms with Gasteiger partial charge in [-0.15, -0.1) is 0 Å². The lowest BCUT2D eigenvalue weighted by Gasteiger charge is -2.54. The van der Waals surface area contributed by atoms with E-state index >= 15 is 0 Å². The average Bonchev–Trinajstić information content (AvgIpc) is 3.60. The predicted octanol–water partition coefficient (Wildman–Crippen LogP) is 7.16. The number of benzene rings is 1. The molecule has 1 aromatic rings. The number of anilines is 1. The number of hydrazine groups is 1. The summed E-state index contributed by atoms with van der Waals surface area (Å²) in [6, 6.07) is 8.36. The first kappa shape index (κ1) is 49.5. The number of aliphatic hydroxyl groups excluding tert-OH is 2. The number of rotatable bonds is 13. The van der Waals surface area contributed by atoms with Gasteiger partial charge in [0.25, 0.3) is 0 Å². The molecule has 0 bridgehead atoms. The van der Waals surface area contributed by atoms with E-state index < -0.39 is 89.3 Å². The van der Waals surface area contributed by atoms with Crippen LogP contribution < -0.4 is 16.2 Å². The SMILES string of the molecule is CC[C@H]1CC[C@H]([C@]2(C)CC[C@@]3(O[C@]4(C=C[C@H]3O)O[C@H]([C@@H](CC)C(=O)[C@@H](C)[C@@H](O)[C@H](C)[C@@H]3O[C@@H]([C@@H](CC)C(=O)NNC(=O)Nc5ccccc5)CCC3C)[C@@H](C)C[C@H]4C)O2)O[C@@]1(C)O. The number of carbonyl (C=O) groups excluding carboxylic acids is 3. The Hall–Kier alpha value is -2.95. The lowest BCUT2D eigenvalue weighted by Crippen LogP contribution is -2.63. The van der Waals surface area contributed by atoms with Crippen LogP contribution in [0.2, 0.25) is 0 Å². The predicted molar refractivity (Wildman–Crippen MR) is 237 cm³/mol. The summed E-state index contributed by atoms with van der Waals surface area (Å²) in [4.78, 5) is 40.5. The van der Waals surface area contributed by atoms with Crippen molar-refractivity contribution in [3.05, 3.63) is 42.5 Å². The van der Waals surface area contributed by atoms with Crippen molar-refractivity contribution >= 4 is 23.4 Å². The van der Waals surface area contributed by atoms with E-state index in [2.05, 4.69) is 43.9 Å². The number of urea groups is 1. The van der Waals surface area contributed by atoms with Crippen LogP contribution >= 0.6 is 0 Å². The minimum atomic E-state index is -1.41. The maximum absolute atomic E-state index is 14.7. The van der Waals surface area contributed by atoms with Crippen molar-refractivity contribution in [2.75, 3.05) is 5.32 Å². The molecular weight excluding hydrogens is 807 g/mol. The van der Waals surface area contributed by atoms with Gasteiger partial charge >= 0.3 is 6.03 Å². The summed E-state index contributed by atoms with van der Waals surface area (Å²) in [5, 5.41) is 37.4. The number of para-hydroxylation sites is 1. The van der Waals surface area contributed by atoms with Crippen LogP contribution in [0.5, 0.6) is 0 Å². The summed E-state index contributed by atoms with van der Waals surface area (Å²) < 4.78 is 33.7. The summed E-state index contributed by atoms with van der Waals surface area (Å²) in [5.41, 5.74) is 4.75. The van der Waals surface area contributed by atoms with Crippen molar-refractivity contribution in [2.45, 2.75) is 193 Å². The number of amides is 3. The summed E-state index contributed by atoms with van der Waals surface area (Å²) in [7, 11) is 0. The van der Waals surface area contributed by atoms with Gasteiger partial charge in [-0.05, 0) is 108 Å². The van der Waals surface area contributed by atoms with Gasteiger partial charge < -0.3 is 44.3 Å². The van der Waals surface area contributed by atoms with E-state index in [0.717, 1.165) is 19.3 Å². The molecule has 0 aliphatic carbocycles. The van der Waals surface area contributed by atoms with Gasteiger partial charge in [0, 0.05) is 41.7 Å². The minimum Gasteiger partial charge on any atom is -0.392 e. The number of hydrogen-bond acceptors (Lipinski definition) is 11. The lowest BCUT2D eigenvalue weighted by molar-refractivity contribution is -0.412. The molecule has 2 spiro atoms. The van der Waals surface area contributed by atoms with Gasteiger partial charge in [-0.1, -0.05) is 73.6 Å². The Morgan fingerprint density at radius 3 is 2.21 bits per heavy atom. The smallest absolute Gasteiger partial charge is 0.337 e. The van der Waals surface area contributed by atoms with Gasteiger partial charge in [-0.3, -0.25) is 15.0 Å². The number of ketones is 1. The highest BCUT2D eigenvalue weighted by molar-refractivity contribution is 5.91. The van der Waals surface area contributed by atoms with E-state index in [1.54, 1.807) is 50.3 Å². The van der Waals surface area contributed by atoms with E-state index in [1.165, 1.54) is 0 Å². The molecule has 0 aromatic heterocycles. The molecule has 6 N–H and O–H groups in total. The fourth-order valence-electron chi connectivity index (χ4n) is 11.5. The minimum absolute atomic E-state index is 0.0151. The summed E-state index contributed by atoms with van der Waals surface area (Å²) in [5.74, 6) is -6.79. The van der Waals surface area contributed by atoms with Crippen LogP contribution in [0.3, 0.4) is 0 Å². The highest BCUT2D eigenvalue weighted by Gasteiger charge is 2.63. The first-order chi connectivity index (χ1) is 29.7. The average molecular weight is 884 g/mol. The second-order valence-electron chi connectivity index (χ2n) is 20.1. The fourth-order valence-corrected chi connectivity index (χ4v) is 11.5. The number of Topliss-reactive ketones (excluding diaryl/α,β-unsaturated/α-hetero) is 1. The number of nitrogens with one attached hydrogen (secondary N) is 3. The molecule has 5 aliphatic rings. The molecule has 3 amide bonds. The zero-order chi connectivity index (χ0) is 46.1. The first-order valence-electron chi connectivity index (χ1n) is 23.9. The highest BCUT2D eigenvalue weighted by atomic mass is 16.8. The summed E-state index contributed by atoms with van der Waals surface area (Å²) in [6.07, 6.45) is 5.89. The third-order valence-electron chi connectivity index (χ3n) is 15.6. The lowest BCUT2D eigenvalue weighted by atomic mass is 9.72. The van der Waals surface area contributed by atoms with E-state index in [4.69, 9.17) is 23.7 Å². The Morgan fingerprint density at radius 2 is 1.56 bits per heavy atom. The van der Waals surface area contributed by atoms with Crippen LogP contribution in [0, 0.1) is 47.3 Å². The van der Waals surface area contributed by atoms with Crippen molar-refractivity contribution in [3.63, 3.8) is 0 Å². The molecule has 63 heavy (non-hydrogen) atoms. The number of hydrogen-bond donors (Lipinski definition) is 6. The van der Waals surface area contributed by atoms with Gasteiger partial charge in [0.2, 0.25) is 11.7 Å². The highest BCUT2D eigenvalue weighted by Crippen LogP contribution is 2.54. The third-order valence-corrected chi connectivity index (χ3v) is 15.6. The van der Waals surface area contributed by atoms with Gasteiger partial charge in [0.1, 0.15) is 11.9 Å². The largest absolute Gasteiger partial charge is 0.392 e. The second kappa shape index (κ2) is 19.9. The van der Waals surface area contributed by atoms with Gasteiger partial charge in [-0.2, -0.15) is 0 Å². The Balaban J connectivity index is 1.10. The molecule has 4 fully saturated rings. The van der Waals surface area contributed by atoms with E-state index in [9.17, 15) is 29.7 Å². The van der Waals surface area contributed by atoms with Crippen LogP contribution in [0.1, 0.15) is 133 Å². The molecule has 6 rings (SSSR count). The van der Waals surface area contributed by atoms with Crippen LogP contribution in [0.25, 0.3) is 0 Å². The maximum atomic E-state index is 14.7. The van der Waals surface area contributed by atoms with Crippen LogP contribution in [0.4, 0.5) is 10.5 Å². The molecule has 5 heterocycles. The molecule has 354 valence electrons. The van der Waals surface area contributed by atoms with Crippen LogP contribution in [-0.2, 0) is 33.3 Å². The van der Waals surface area contributed by atoms with Crippen LogP contribution in [0.15, 0.2) is 42.5 Å². The number of ether oxygens (including phenoxy) is 5. The first-order valence-corrected chi connectivity index (χ1v) is 23.9. The normalized spacial score (nSPS) is 40.4. The van der Waals surface area contributed by atoms with Crippen molar-refractivity contribution in [2.24, 2.45) is 47.3 Å². The van der Waals surface area contributed by atoms with Crippen LogP contribution in [-0.4, -0.2) is 92.6 Å². The Morgan fingerprint density at radius 1 is 0.857 bits per heavy atom. The molecule has 14 nitrogen and oxygen atoms in total. The van der Waals surface area contributed by atoms with E-state index in [-0.39, 0.29) is 35.4 Å². The molecule has 18 atom stereocenters. The molecule has 4 saturated heterocycles. The monoisotopic (exact) mass is 884 g/mol. The molecule has 1 aromatic carbocycles. The Kier molecular flexibility index (Phi) is 15.6. The molecule has 14 heteroatoms.